The Morgan fingerprint density at radius 2 is 2.03 bits per heavy atom. The maximum Gasteiger partial charge on any atom is 0.234 e. The molecule has 0 spiro atoms. The second-order valence-electron chi connectivity index (χ2n) is 6.48. The van der Waals surface area contributed by atoms with Crippen LogP contribution in [0.3, 0.4) is 0 Å². The van der Waals surface area contributed by atoms with Crippen LogP contribution in [-0.2, 0) is 17.8 Å². The molecule has 0 unspecified atom stereocenters. The molecule has 0 aliphatic rings. The fourth-order valence-electron chi connectivity index (χ4n) is 3.04. The highest BCUT2D eigenvalue weighted by Crippen LogP contribution is 2.29. The van der Waals surface area contributed by atoms with Gasteiger partial charge in [0.05, 0.1) is 10.8 Å². The minimum Gasteiger partial charge on any atom is -0.325 e. The maximum atomic E-state index is 12.6. The molecular weight excluding hydrogens is 404 g/mol. The SMILES string of the molecule is C=CCn1c(SCC(=O)Nc2c(C)cccc2CC)nnc1-c1ccccc1Cl. The zero-order valence-electron chi connectivity index (χ0n) is 16.5. The summed E-state index contributed by atoms with van der Waals surface area (Å²) in [6, 6.07) is 13.5. The highest BCUT2D eigenvalue weighted by atomic mass is 35.5. The Morgan fingerprint density at radius 1 is 1.24 bits per heavy atom. The van der Waals surface area contributed by atoms with E-state index < -0.39 is 0 Å². The summed E-state index contributed by atoms with van der Waals surface area (Å²) in [5.74, 6) is 0.812. The van der Waals surface area contributed by atoms with Crippen molar-refractivity contribution in [2.45, 2.75) is 32.0 Å². The van der Waals surface area contributed by atoms with Crippen molar-refractivity contribution < 1.29 is 4.79 Å². The summed E-state index contributed by atoms with van der Waals surface area (Å²) >= 11 is 7.66. The Morgan fingerprint density at radius 3 is 2.76 bits per heavy atom. The van der Waals surface area contributed by atoms with E-state index in [0.29, 0.717) is 22.5 Å². The summed E-state index contributed by atoms with van der Waals surface area (Å²) in [7, 11) is 0. The smallest absolute Gasteiger partial charge is 0.234 e. The number of aryl methyl sites for hydroxylation is 2. The molecule has 0 fully saturated rings. The van der Waals surface area contributed by atoms with Crippen molar-refractivity contribution in [3.63, 3.8) is 0 Å². The monoisotopic (exact) mass is 426 g/mol. The lowest BCUT2D eigenvalue weighted by Gasteiger charge is -2.13. The van der Waals surface area contributed by atoms with Crippen LogP contribution < -0.4 is 5.32 Å². The number of amides is 1. The Balaban J connectivity index is 1.77. The number of anilines is 1. The standard InChI is InChI=1S/C22H23ClN4OS/c1-4-13-27-21(17-11-6-7-12-18(17)23)25-26-22(27)29-14-19(28)24-20-15(3)9-8-10-16(20)5-2/h4,6-12H,1,5,13-14H2,2-3H3,(H,24,28). The van der Waals surface area contributed by atoms with Crippen LogP contribution in [-0.4, -0.2) is 26.4 Å². The average molecular weight is 427 g/mol. The number of thioether (sulfide) groups is 1. The third-order valence-corrected chi connectivity index (χ3v) is 5.78. The van der Waals surface area contributed by atoms with Gasteiger partial charge in [0.2, 0.25) is 5.91 Å². The Hall–Kier alpha value is -2.57. The average Bonchev–Trinajstić information content (AvgIpc) is 3.11. The van der Waals surface area contributed by atoms with Crippen LogP contribution in [0.25, 0.3) is 11.4 Å². The normalized spacial score (nSPS) is 10.7. The molecule has 5 nitrogen and oxygen atoms in total. The second-order valence-corrected chi connectivity index (χ2v) is 7.83. The highest BCUT2D eigenvalue weighted by molar-refractivity contribution is 7.99. The molecule has 1 aromatic heterocycles. The van der Waals surface area contributed by atoms with Crippen molar-refractivity contribution in [2.75, 3.05) is 11.1 Å². The molecule has 0 aliphatic heterocycles. The molecule has 1 N–H and O–H groups in total. The number of aromatic nitrogens is 3. The van der Waals surface area contributed by atoms with Crippen LogP contribution in [0, 0.1) is 6.92 Å². The largest absolute Gasteiger partial charge is 0.325 e. The predicted octanol–water partition coefficient (Wildman–Crippen LogP) is 5.39. The molecule has 2 aromatic carbocycles. The summed E-state index contributed by atoms with van der Waals surface area (Å²) in [6.07, 6.45) is 2.63. The van der Waals surface area contributed by atoms with E-state index >= 15 is 0 Å². The van der Waals surface area contributed by atoms with E-state index in [2.05, 4.69) is 29.0 Å². The molecule has 29 heavy (non-hydrogen) atoms. The lowest BCUT2D eigenvalue weighted by molar-refractivity contribution is -0.113. The van der Waals surface area contributed by atoms with Crippen LogP contribution in [0.1, 0.15) is 18.1 Å². The maximum absolute atomic E-state index is 12.6. The molecule has 0 bridgehead atoms. The van der Waals surface area contributed by atoms with Gasteiger partial charge in [0.25, 0.3) is 0 Å². The molecule has 3 aromatic rings. The first-order valence-corrected chi connectivity index (χ1v) is 10.7. The molecule has 3 rings (SSSR count). The predicted molar refractivity (Wildman–Crippen MR) is 121 cm³/mol. The number of nitrogens with one attached hydrogen (secondary N) is 1. The number of nitrogens with zero attached hydrogens (tertiary/aromatic N) is 3. The summed E-state index contributed by atoms with van der Waals surface area (Å²) in [5, 5.41) is 12.9. The number of hydrogen-bond acceptors (Lipinski definition) is 4. The van der Waals surface area contributed by atoms with Crippen LogP contribution in [0.15, 0.2) is 60.3 Å². The van der Waals surface area contributed by atoms with Crippen molar-refractivity contribution in [1.29, 1.82) is 0 Å². The zero-order valence-corrected chi connectivity index (χ0v) is 18.1. The van der Waals surface area contributed by atoms with Crippen molar-refractivity contribution in [3.8, 4) is 11.4 Å². The minimum absolute atomic E-state index is 0.0774. The van der Waals surface area contributed by atoms with Crippen molar-refractivity contribution in [1.82, 2.24) is 14.8 Å². The van der Waals surface area contributed by atoms with Crippen molar-refractivity contribution >= 4 is 35.0 Å². The van der Waals surface area contributed by atoms with E-state index in [9.17, 15) is 4.79 Å². The van der Waals surface area contributed by atoms with Gasteiger partial charge in [0.1, 0.15) is 0 Å². The molecule has 150 valence electrons. The number of carbonyl (C=O) groups is 1. The van der Waals surface area contributed by atoms with Gasteiger partial charge in [0, 0.05) is 17.8 Å². The molecular formula is C22H23ClN4OS. The van der Waals surface area contributed by atoms with E-state index in [-0.39, 0.29) is 11.7 Å². The Bertz CT molecular complexity index is 1030. The van der Waals surface area contributed by atoms with E-state index in [1.807, 2.05) is 54.0 Å². The molecule has 0 saturated carbocycles. The third-order valence-electron chi connectivity index (χ3n) is 4.48. The first-order chi connectivity index (χ1) is 14.0. The molecule has 1 amide bonds. The topological polar surface area (TPSA) is 59.8 Å². The van der Waals surface area contributed by atoms with Crippen molar-refractivity contribution in [2.24, 2.45) is 0 Å². The lowest BCUT2D eigenvalue weighted by Crippen LogP contribution is -2.16. The van der Waals surface area contributed by atoms with Gasteiger partial charge < -0.3 is 5.32 Å². The van der Waals surface area contributed by atoms with E-state index in [1.165, 1.54) is 11.8 Å². The highest BCUT2D eigenvalue weighted by Gasteiger charge is 2.17. The number of halogens is 1. The second kappa shape index (κ2) is 9.76. The molecule has 0 radical (unpaired) electrons. The molecule has 0 aliphatic carbocycles. The van der Waals surface area contributed by atoms with Gasteiger partial charge in [-0.25, -0.2) is 0 Å². The van der Waals surface area contributed by atoms with E-state index in [0.717, 1.165) is 28.8 Å². The van der Waals surface area contributed by atoms with Gasteiger partial charge in [-0.05, 0) is 36.6 Å². The molecule has 0 atom stereocenters. The fourth-order valence-corrected chi connectivity index (χ4v) is 4.01. The van der Waals surface area contributed by atoms with Crippen LogP contribution >= 0.6 is 23.4 Å². The van der Waals surface area contributed by atoms with Crippen LogP contribution in [0.2, 0.25) is 5.02 Å². The van der Waals surface area contributed by atoms with Crippen LogP contribution in [0.4, 0.5) is 5.69 Å². The number of rotatable bonds is 8. The van der Waals surface area contributed by atoms with Gasteiger partial charge in [-0.15, -0.1) is 16.8 Å². The van der Waals surface area contributed by atoms with Gasteiger partial charge in [-0.3, -0.25) is 9.36 Å². The molecule has 0 saturated heterocycles. The van der Waals surface area contributed by atoms with E-state index in [4.69, 9.17) is 11.6 Å². The number of benzene rings is 2. The van der Waals surface area contributed by atoms with Gasteiger partial charge in [-0.1, -0.05) is 66.7 Å². The first kappa shape index (κ1) is 21.1. The number of para-hydroxylation sites is 1. The number of hydrogen-bond donors (Lipinski definition) is 1. The van der Waals surface area contributed by atoms with Crippen LogP contribution in [0.5, 0.6) is 0 Å². The summed E-state index contributed by atoms with van der Waals surface area (Å²) in [5.41, 5.74) is 3.87. The number of carbonyl (C=O) groups excluding carboxylic acids is 1. The van der Waals surface area contributed by atoms with Crippen molar-refractivity contribution in [3.05, 3.63) is 71.3 Å². The third kappa shape index (κ3) is 4.89. The first-order valence-electron chi connectivity index (χ1n) is 9.35. The Kier molecular flexibility index (Phi) is 7.12. The van der Waals surface area contributed by atoms with E-state index in [1.54, 1.807) is 6.08 Å². The fraction of sp³-hybridized carbons (Fsp3) is 0.227. The van der Waals surface area contributed by atoms with Gasteiger partial charge in [0.15, 0.2) is 11.0 Å². The molecule has 1 heterocycles. The summed E-state index contributed by atoms with van der Waals surface area (Å²) in [6.45, 7) is 8.41. The lowest BCUT2D eigenvalue weighted by atomic mass is 10.1. The quantitative estimate of drug-likeness (QED) is 0.387. The zero-order chi connectivity index (χ0) is 20.8. The van der Waals surface area contributed by atoms with Gasteiger partial charge >= 0.3 is 0 Å². The summed E-state index contributed by atoms with van der Waals surface area (Å²) in [4.78, 5) is 12.6. The molecule has 7 heteroatoms. The van der Waals surface area contributed by atoms with Gasteiger partial charge in [-0.2, -0.15) is 0 Å². The summed E-state index contributed by atoms with van der Waals surface area (Å²) < 4.78 is 1.91. The Labute approximate surface area is 180 Å². The minimum atomic E-state index is -0.0774. The number of allylic oxidation sites excluding steroid dienone is 1.